The van der Waals surface area contributed by atoms with Gasteiger partial charge in [0.2, 0.25) is 11.8 Å². The van der Waals surface area contributed by atoms with Gasteiger partial charge >= 0.3 is 0 Å². The van der Waals surface area contributed by atoms with Crippen molar-refractivity contribution in [3.8, 4) is 0 Å². The first-order valence-electron chi connectivity index (χ1n) is 8.39. The highest BCUT2D eigenvalue weighted by molar-refractivity contribution is 5.95. The predicted molar refractivity (Wildman–Crippen MR) is 91.9 cm³/mol. The summed E-state index contributed by atoms with van der Waals surface area (Å²) in [5.41, 5.74) is 1.42. The van der Waals surface area contributed by atoms with E-state index in [0.29, 0.717) is 23.9 Å². The van der Waals surface area contributed by atoms with Crippen molar-refractivity contribution in [3.05, 3.63) is 41.6 Å². The lowest BCUT2D eigenvalue weighted by Crippen LogP contribution is -2.27. The molecule has 128 valence electrons. The first-order chi connectivity index (χ1) is 11.4. The molecule has 1 fully saturated rings. The van der Waals surface area contributed by atoms with Crippen LogP contribution in [0.4, 0.5) is 5.69 Å². The molecule has 0 unspecified atom stereocenters. The Hall–Kier alpha value is -2.37. The molecule has 0 radical (unpaired) electrons. The molecule has 1 N–H and O–H groups in total. The molecule has 0 atom stereocenters. The summed E-state index contributed by atoms with van der Waals surface area (Å²) >= 11 is 0. The first-order valence-corrected chi connectivity index (χ1v) is 8.39. The molecule has 1 aliphatic rings. The minimum atomic E-state index is -0.159. The zero-order chi connectivity index (χ0) is 17.2. The molecule has 1 saturated heterocycles. The molecule has 0 aliphatic carbocycles. The normalized spacial score (nSPS) is 14.9. The van der Waals surface area contributed by atoms with E-state index in [1.165, 1.54) is 0 Å². The van der Waals surface area contributed by atoms with E-state index in [4.69, 9.17) is 4.42 Å². The van der Waals surface area contributed by atoms with Crippen LogP contribution < -0.4 is 5.32 Å². The smallest absolute Gasteiger partial charge is 0.253 e. The zero-order valence-electron chi connectivity index (χ0n) is 14.5. The monoisotopic (exact) mass is 328 g/mol. The topological polar surface area (TPSA) is 71.3 Å². The molecule has 0 saturated carbocycles. The molecule has 6 nitrogen and oxygen atoms in total. The number of likely N-dealkylation sites (tertiary alicyclic amines) is 1. The number of amides is 1. The minimum Gasteiger partial charge on any atom is -0.423 e. The van der Waals surface area contributed by atoms with Gasteiger partial charge in [0.15, 0.2) is 0 Å². The van der Waals surface area contributed by atoms with Gasteiger partial charge in [0.05, 0.1) is 6.54 Å². The molecule has 3 rings (SSSR count). The van der Waals surface area contributed by atoms with E-state index < -0.39 is 0 Å². The Balaban J connectivity index is 1.64. The van der Waals surface area contributed by atoms with Crippen LogP contribution in [0.3, 0.4) is 0 Å². The van der Waals surface area contributed by atoms with E-state index in [1.54, 1.807) is 0 Å². The standard InChI is InChI=1S/C18H24N4O2/c1-18(2,3)17-21-20-15(24-17)12-19-14-8-6-7-13(11-14)16(23)22-9-4-5-10-22/h6-8,11,19H,4-5,9-10,12H2,1-3H3. The second-order valence-electron chi connectivity index (χ2n) is 7.18. The highest BCUT2D eigenvalue weighted by Crippen LogP contribution is 2.21. The maximum absolute atomic E-state index is 12.4. The lowest BCUT2D eigenvalue weighted by atomic mass is 9.97. The van der Waals surface area contributed by atoms with E-state index in [-0.39, 0.29) is 11.3 Å². The highest BCUT2D eigenvalue weighted by Gasteiger charge is 2.21. The van der Waals surface area contributed by atoms with Gasteiger partial charge in [-0.05, 0) is 31.0 Å². The van der Waals surface area contributed by atoms with E-state index in [1.807, 2.05) is 49.9 Å². The lowest BCUT2D eigenvalue weighted by molar-refractivity contribution is 0.0793. The molecule has 1 aromatic carbocycles. The van der Waals surface area contributed by atoms with Gasteiger partial charge in [0.25, 0.3) is 5.91 Å². The van der Waals surface area contributed by atoms with Crippen LogP contribution in [0.25, 0.3) is 0 Å². The molecular weight excluding hydrogens is 304 g/mol. The Bertz CT molecular complexity index is 712. The van der Waals surface area contributed by atoms with Crippen molar-refractivity contribution >= 4 is 11.6 Å². The van der Waals surface area contributed by atoms with Crippen LogP contribution >= 0.6 is 0 Å². The minimum absolute atomic E-state index is 0.101. The predicted octanol–water partition coefficient (Wildman–Crippen LogP) is 3.22. The van der Waals surface area contributed by atoms with E-state index >= 15 is 0 Å². The van der Waals surface area contributed by atoms with E-state index in [2.05, 4.69) is 15.5 Å². The fourth-order valence-electron chi connectivity index (χ4n) is 2.67. The van der Waals surface area contributed by atoms with Gasteiger partial charge < -0.3 is 14.6 Å². The second kappa shape index (κ2) is 6.63. The summed E-state index contributed by atoms with van der Waals surface area (Å²) in [4.78, 5) is 14.4. The number of nitrogens with zero attached hydrogens (tertiary/aromatic N) is 3. The van der Waals surface area contributed by atoms with Crippen LogP contribution in [0.1, 0.15) is 55.8 Å². The summed E-state index contributed by atoms with van der Waals surface area (Å²) in [6.07, 6.45) is 2.19. The number of carbonyl (C=O) groups is 1. The molecule has 0 spiro atoms. The molecule has 1 aliphatic heterocycles. The highest BCUT2D eigenvalue weighted by atomic mass is 16.4. The summed E-state index contributed by atoms with van der Waals surface area (Å²) in [5, 5.41) is 11.4. The van der Waals surface area contributed by atoms with Gasteiger partial charge in [-0.15, -0.1) is 10.2 Å². The average molecular weight is 328 g/mol. The Morgan fingerprint density at radius 2 is 2.00 bits per heavy atom. The van der Waals surface area contributed by atoms with Crippen LogP contribution in [0.15, 0.2) is 28.7 Å². The maximum Gasteiger partial charge on any atom is 0.253 e. The third kappa shape index (κ3) is 3.75. The van der Waals surface area contributed by atoms with Crippen molar-refractivity contribution < 1.29 is 9.21 Å². The van der Waals surface area contributed by atoms with E-state index in [9.17, 15) is 4.79 Å². The molecule has 2 heterocycles. The number of hydrogen-bond donors (Lipinski definition) is 1. The number of nitrogens with one attached hydrogen (secondary N) is 1. The Labute approximate surface area is 142 Å². The Morgan fingerprint density at radius 1 is 1.25 bits per heavy atom. The van der Waals surface area contributed by atoms with Gasteiger partial charge in [-0.25, -0.2) is 0 Å². The van der Waals surface area contributed by atoms with Gasteiger partial charge in [0.1, 0.15) is 0 Å². The summed E-state index contributed by atoms with van der Waals surface area (Å²) in [5.74, 6) is 1.26. The van der Waals surface area contributed by atoms with Crippen molar-refractivity contribution in [2.24, 2.45) is 0 Å². The quantitative estimate of drug-likeness (QED) is 0.933. The van der Waals surface area contributed by atoms with Crippen LogP contribution in [0.5, 0.6) is 0 Å². The van der Waals surface area contributed by atoms with Crippen molar-refractivity contribution in [3.63, 3.8) is 0 Å². The van der Waals surface area contributed by atoms with Crippen LogP contribution in [0.2, 0.25) is 0 Å². The van der Waals surface area contributed by atoms with Crippen molar-refractivity contribution in [1.82, 2.24) is 15.1 Å². The Morgan fingerprint density at radius 3 is 2.67 bits per heavy atom. The zero-order valence-corrected chi connectivity index (χ0v) is 14.5. The number of anilines is 1. The molecule has 1 amide bonds. The van der Waals surface area contributed by atoms with Gasteiger partial charge in [-0.3, -0.25) is 4.79 Å². The van der Waals surface area contributed by atoms with Crippen molar-refractivity contribution in [2.45, 2.75) is 45.6 Å². The molecule has 6 heteroatoms. The first kappa shape index (κ1) is 16.5. The summed E-state index contributed by atoms with van der Waals surface area (Å²) in [6, 6.07) is 7.56. The fraction of sp³-hybridized carbons (Fsp3) is 0.500. The number of benzene rings is 1. The molecule has 24 heavy (non-hydrogen) atoms. The number of hydrogen-bond acceptors (Lipinski definition) is 5. The van der Waals surface area contributed by atoms with Gasteiger partial charge in [0, 0.05) is 29.8 Å². The molecular formula is C18H24N4O2. The van der Waals surface area contributed by atoms with Crippen molar-refractivity contribution in [2.75, 3.05) is 18.4 Å². The largest absolute Gasteiger partial charge is 0.423 e. The summed E-state index contributed by atoms with van der Waals surface area (Å²) in [6.45, 7) is 8.24. The fourth-order valence-corrected chi connectivity index (χ4v) is 2.67. The Kier molecular flexibility index (Phi) is 4.55. The summed E-state index contributed by atoms with van der Waals surface area (Å²) in [7, 11) is 0. The van der Waals surface area contributed by atoms with Crippen LogP contribution in [-0.4, -0.2) is 34.1 Å². The van der Waals surface area contributed by atoms with Crippen LogP contribution in [0, 0.1) is 0 Å². The number of carbonyl (C=O) groups excluding carboxylic acids is 1. The van der Waals surface area contributed by atoms with Gasteiger partial charge in [-0.2, -0.15) is 0 Å². The maximum atomic E-state index is 12.4. The third-order valence-electron chi connectivity index (χ3n) is 4.05. The van der Waals surface area contributed by atoms with Gasteiger partial charge in [-0.1, -0.05) is 26.8 Å². The molecule has 2 aromatic rings. The third-order valence-corrected chi connectivity index (χ3v) is 4.05. The number of aromatic nitrogens is 2. The molecule has 0 bridgehead atoms. The molecule has 1 aromatic heterocycles. The summed E-state index contributed by atoms with van der Waals surface area (Å²) < 4.78 is 5.67. The van der Waals surface area contributed by atoms with Crippen LogP contribution in [-0.2, 0) is 12.0 Å². The second-order valence-corrected chi connectivity index (χ2v) is 7.18. The van der Waals surface area contributed by atoms with Crippen molar-refractivity contribution in [1.29, 1.82) is 0 Å². The SMILES string of the molecule is CC(C)(C)c1nnc(CNc2cccc(C(=O)N3CCCC3)c2)o1. The number of rotatable bonds is 4. The van der Waals surface area contributed by atoms with E-state index in [0.717, 1.165) is 31.6 Å². The lowest BCUT2D eigenvalue weighted by Gasteiger charge is -2.15. The average Bonchev–Trinajstić information content (AvgIpc) is 3.23.